The maximum atomic E-state index is 12.4. The minimum atomic E-state index is -3.52. The molecule has 0 radical (unpaired) electrons. The van der Waals surface area contributed by atoms with Gasteiger partial charge in [-0.15, -0.1) is 12.4 Å². The van der Waals surface area contributed by atoms with Gasteiger partial charge in [-0.1, -0.05) is 6.92 Å². The number of hydrogen-bond acceptors (Lipinski definition) is 4. The molecule has 6 nitrogen and oxygen atoms in total. The third-order valence-corrected chi connectivity index (χ3v) is 5.47. The van der Waals surface area contributed by atoms with E-state index in [1.165, 1.54) is 19.1 Å². The van der Waals surface area contributed by atoms with E-state index in [1.807, 2.05) is 0 Å². The van der Waals surface area contributed by atoms with Crippen LogP contribution in [0.5, 0.6) is 0 Å². The Morgan fingerprint density at radius 3 is 2.29 bits per heavy atom. The van der Waals surface area contributed by atoms with Gasteiger partial charge in [-0.25, -0.2) is 13.1 Å². The van der Waals surface area contributed by atoms with Crippen LogP contribution in [0.3, 0.4) is 0 Å². The highest BCUT2D eigenvalue weighted by Crippen LogP contribution is 2.17. The van der Waals surface area contributed by atoms with Crippen LogP contribution < -0.4 is 10.0 Å². The summed E-state index contributed by atoms with van der Waals surface area (Å²) in [6, 6.07) is 6.21. The molecule has 1 aliphatic heterocycles. The van der Waals surface area contributed by atoms with Crippen molar-refractivity contribution < 1.29 is 13.2 Å². The number of nitrogens with zero attached hydrogens (tertiary/aromatic N) is 1. The van der Waals surface area contributed by atoms with Crippen molar-refractivity contribution in [2.24, 2.45) is 0 Å². The largest absolute Gasteiger partial charge is 0.326 e. The van der Waals surface area contributed by atoms with E-state index >= 15 is 0 Å². The first-order valence-corrected chi connectivity index (χ1v) is 9.51. The lowest BCUT2D eigenvalue weighted by atomic mass is 10.1. The smallest absolute Gasteiger partial charge is 0.240 e. The number of likely N-dealkylation sites (tertiary alicyclic amines) is 1. The Balaban J connectivity index is 0.00000288. The van der Waals surface area contributed by atoms with E-state index in [0.29, 0.717) is 5.69 Å². The number of amides is 1. The molecule has 136 valence electrons. The standard InChI is InChI=1S/C16H25N3O3S.ClH/c1-3-10-19-11-8-15(9-12-19)18-23(21,22)16-6-4-14(5-7-16)17-13(2)20;/h4-7,15,18H,3,8-12H2,1-2H3,(H,17,20);1H. The summed E-state index contributed by atoms with van der Waals surface area (Å²) in [5, 5.41) is 2.62. The number of nitrogens with one attached hydrogen (secondary N) is 2. The molecule has 2 N–H and O–H groups in total. The molecule has 0 bridgehead atoms. The molecule has 1 aliphatic rings. The monoisotopic (exact) mass is 375 g/mol. The summed E-state index contributed by atoms with van der Waals surface area (Å²) < 4.78 is 27.7. The summed E-state index contributed by atoms with van der Waals surface area (Å²) in [5.74, 6) is -0.183. The average Bonchev–Trinajstić information content (AvgIpc) is 2.49. The van der Waals surface area contributed by atoms with Crippen LogP contribution in [0.25, 0.3) is 0 Å². The number of halogens is 1. The summed E-state index contributed by atoms with van der Waals surface area (Å²) in [7, 11) is -3.52. The van der Waals surface area contributed by atoms with Crippen LogP contribution in [0, 0.1) is 0 Å². The zero-order valence-corrected chi connectivity index (χ0v) is 15.8. The molecule has 1 amide bonds. The Morgan fingerprint density at radius 1 is 1.21 bits per heavy atom. The topological polar surface area (TPSA) is 78.5 Å². The van der Waals surface area contributed by atoms with Gasteiger partial charge in [-0.3, -0.25) is 4.79 Å². The van der Waals surface area contributed by atoms with Crippen molar-refractivity contribution in [1.29, 1.82) is 0 Å². The normalized spacial score (nSPS) is 16.4. The number of hydrogen-bond donors (Lipinski definition) is 2. The van der Waals surface area contributed by atoms with E-state index in [9.17, 15) is 13.2 Å². The summed E-state index contributed by atoms with van der Waals surface area (Å²) in [4.78, 5) is 13.6. The first-order valence-electron chi connectivity index (χ1n) is 8.03. The van der Waals surface area contributed by atoms with Crippen LogP contribution >= 0.6 is 12.4 Å². The van der Waals surface area contributed by atoms with Crippen LogP contribution in [-0.2, 0) is 14.8 Å². The molecule has 0 spiro atoms. The minimum absolute atomic E-state index is 0. The Labute approximate surface area is 150 Å². The quantitative estimate of drug-likeness (QED) is 0.799. The first-order chi connectivity index (χ1) is 10.9. The SMILES string of the molecule is CCCN1CCC(NS(=O)(=O)c2ccc(NC(C)=O)cc2)CC1.Cl. The van der Waals surface area contributed by atoms with E-state index < -0.39 is 10.0 Å². The molecule has 1 aromatic rings. The fraction of sp³-hybridized carbons (Fsp3) is 0.562. The van der Waals surface area contributed by atoms with E-state index in [-0.39, 0.29) is 29.3 Å². The van der Waals surface area contributed by atoms with Crippen molar-refractivity contribution in [2.45, 2.75) is 44.0 Å². The molecular formula is C16H26ClN3O3S. The van der Waals surface area contributed by atoms with Crippen LogP contribution in [-0.4, -0.2) is 44.9 Å². The second kappa shape index (κ2) is 9.36. The highest BCUT2D eigenvalue weighted by Gasteiger charge is 2.24. The molecule has 1 aromatic carbocycles. The summed E-state index contributed by atoms with van der Waals surface area (Å²) in [6.45, 7) is 6.51. The lowest BCUT2D eigenvalue weighted by molar-refractivity contribution is -0.114. The van der Waals surface area contributed by atoms with Crippen molar-refractivity contribution in [1.82, 2.24) is 9.62 Å². The van der Waals surface area contributed by atoms with Crippen molar-refractivity contribution in [3.8, 4) is 0 Å². The molecule has 8 heteroatoms. The van der Waals surface area contributed by atoms with Crippen LogP contribution in [0.2, 0.25) is 0 Å². The molecule has 0 atom stereocenters. The van der Waals surface area contributed by atoms with E-state index in [2.05, 4.69) is 21.9 Å². The number of carbonyl (C=O) groups is 1. The number of rotatable bonds is 6. The fourth-order valence-electron chi connectivity index (χ4n) is 2.80. The molecule has 1 fully saturated rings. The van der Waals surface area contributed by atoms with Crippen LogP contribution in [0.4, 0.5) is 5.69 Å². The minimum Gasteiger partial charge on any atom is -0.326 e. The molecule has 1 heterocycles. The Bertz CT molecular complexity index is 626. The summed E-state index contributed by atoms with van der Waals surface area (Å²) >= 11 is 0. The van der Waals surface area contributed by atoms with Gasteiger partial charge in [-0.05, 0) is 63.2 Å². The van der Waals surface area contributed by atoms with Crippen molar-refractivity contribution in [3.05, 3.63) is 24.3 Å². The molecule has 0 saturated carbocycles. The molecular weight excluding hydrogens is 350 g/mol. The first kappa shape index (κ1) is 20.9. The van der Waals surface area contributed by atoms with E-state index in [0.717, 1.165) is 38.9 Å². The van der Waals surface area contributed by atoms with Gasteiger partial charge in [0.1, 0.15) is 0 Å². The summed E-state index contributed by atoms with van der Waals surface area (Å²) in [6.07, 6.45) is 2.80. The predicted molar refractivity (Wildman–Crippen MR) is 98.1 cm³/mol. The average molecular weight is 376 g/mol. The number of piperidine rings is 1. The van der Waals surface area contributed by atoms with Gasteiger partial charge < -0.3 is 10.2 Å². The Morgan fingerprint density at radius 2 is 1.79 bits per heavy atom. The van der Waals surface area contributed by atoms with Gasteiger partial charge in [-0.2, -0.15) is 0 Å². The van der Waals surface area contributed by atoms with Gasteiger partial charge in [0, 0.05) is 18.7 Å². The highest BCUT2D eigenvalue weighted by atomic mass is 35.5. The predicted octanol–water partition coefficient (Wildman–Crippen LogP) is 2.22. The van der Waals surface area contributed by atoms with Crippen molar-refractivity contribution in [3.63, 3.8) is 0 Å². The van der Waals surface area contributed by atoms with Crippen LogP contribution in [0.15, 0.2) is 29.2 Å². The van der Waals surface area contributed by atoms with Gasteiger partial charge in [0.2, 0.25) is 15.9 Å². The molecule has 0 aliphatic carbocycles. The molecule has 0 aromatic heterocycles. The Kier molecular flexibility index (Phi) is 8.15. The van der Waals surface area contributed by atoms with Gasteiger partial charge in [0.05, 0.1) is 4.90 Å². The van der Waals surface area contributed by atoms with E-state index in [1.54, 1.807) is 12.1 Å². The second-order valence-electron chi connectivity index (χ2n) is 5.94. The lowest BCUT2D eigenvalue weighted by Crippen LogP contribution is -2.44. The zero-order chi connectivity index (χ0) is 16.9. The van der Waals surface area contributed by atoms with Crippen molar-refractivity contribution in [2.75, 3.05) is 25.0 Å². The number of carbonyl (C=O) groups excluding carboxylic acids is 1. The molecule has 24 heavy (non-hydrogen) atoms. The lowest BCUT2D eigenvalue weighted by Gasteiger charge is -2.31. The van der Waals surface area contributed by atoms with Crippen LogP contribution in [0.1, 0.15) is 33.1 Å². The third kappa shape index (κ3) is 6.05. The fourth-order valence-corrected chi connectivity index (χ4v) is 4.10. The highest BCUT2D eigenvalue weighted by molar-refractivity contribution is 7.89. The van der Waals surface area contributed by atoms with Gasteiger partial charge in [0.25, 0.3) is 0 Å². The van der Waals surface area contributed by atoms with Gasteiger partial charge in [0.15, 0.2) is 0 Å². The maximum Gasteiger partial charge on any atom is 0.240 e. The number of benzene rings is 1. The number of anilines is 1. The second-order valence-corrected chi connectivity index (χ2v) is 7.66. The third-order valence-electron chi connectivity index (χ3n) is 3.93. The Hall–Kier alpha value is -1.15. The number of sulfonamides is 1. The molecule has 1 saturated heterocycles. The summed E-state index contributed by atoms with van der Waals surface area (Å²) in [5.41, 5.74) is 0.587. The molecule has 2 rings (SSSR count). The maximum absolute atomic E-state index is 12.4. The van der Waals surface area contributed by atoms with Gasteiger partial charge >= 0.3 is 0 Å². The van der Waals surface area contributed by atoms with Crippen molar-refractivity contribution >= 4 is 34.0 Å². The zero-order valence-electron chi connectivity index (χ0n) is 14.1. The molecule has 0 unspecified atom stereocenters. The van der Waals surface area contributed by atoms with E-state index in [4.69, 9.17) is 0 Å².